The first-order valence-corrected chi connectivity index (χ1v) is 5.10. The molecule has 0 spiro atoms. The van der Waals surface area contributed by atoms with Crippen molar-refractivity contribution in [1.82, 2.24) is 0 Å². The lowest BCUT2D eigenvalue weighted by Gasteiger charge is -1.93. The summed E-state index contributed by atoms with van der Waals surface area (Å²) in [5, 5.41) is 0. The number of nitrogens with two attached hydrogens (primary N) is 1. The van der Waals surface area contributed by atoms with Gasteiger partial charge >= 0.3 is 0 Å². The van der Waals surface area contributed by atoms with E-state index in [2.05, 4.69) is 0 Å². The van der Waals surface area contributed by atoms with E-state index in [4.69, 9.17) is 10.3 Å². The van der Waals surface area contributed by atoms with E-state index in [1.165, 1.54) is 0 Å². The van der Waals surface area contributed by atoms with Crippen LogP contribution in [0.2, 0.25) is 0 Å². The Bertz CT molecular complexity index is 259. The van der Waals surface area contributed by atoms with Crippen molar-refractivity contribution < 1.29 is 8.76 Å². The van der Waals surface area contributed by atoms with E-state index < -0.39 is 11.1 Å². The molecule has 0 heterocycles. The zero-order valence-corrected chi connectivity index (χ0v) is 8.67. The van der Waals surface area contributed by atoms with Gasteiger partial charge in [0.1, 0.15) is 0 Å². The van der Waals surface area contributed by atoms with Gasteiger partial charge in [-0.05, 0) is 25.6 Å². The van der Waals surface area contributed by atoms with Gasteiger partial charge in [0.15, 0.2) is 11.1 Å². The quantitative estimate of drug-likeness (QED) is 0.677. The van der Waals surface area contributed by atoms with Gasteiger partial charge < -0.3 is 10.3 Å². The maximum Gasteiger partial charge on any atom is 0.186 e. The molecule has 0 amide bonds. The molecule has 0 radical (unpaired) electrons. The van der Waals surface area contributed by atoms with Crippen LogP contribution in [-0.2, 0) is 11.1 Å². The smallest absolute Gasteiger partial charge is 0.186 e. The summed E-state index contributed by atoms with van der Waals surface area (Å²) in [5.74, 6) is 0. The molecule has 1 atom stereocenters. The molecular formula is C9H15NO2S. The third kappa shape index (κ3) is 5.52. The second-order valence-electron chi connectivity index (χ2n) is 2.47. The molecule has 0 fully saturated rings. The van der Waals surface area contributed by atoms with Crippen LogP contribution in [0.1, 0.15) is 12.5 Å². The molecule has 0 aromatic heterocycles. The number of aryl methyl sites for hydroxylation is 1. The molecular weight excluding hydrogens is 186 g/mol. The number of rotatable bonds is 1. The second-order valence-corrected chi connectivity index (χ2v) is 3.44. The van der Waals surface area contributed by atoms with E-state index in [1.807, 2.05) is 26.0 Å². The fourth-order valence-corrected chi connectivity index (χ4v) is 1.02. The van der Waals surface area contributed by atoms with Gasteiger partial charge in [0, 0.05) is 0 Å². The molecule has 0 aliphatic rings. The molecule has 3 nitrogen and oxygen atoms in total. The molecule has 0 saturated carbocycles. The Morgan fingerprint density at radius 1 is 1.38 bits per heavy atom. The molecule has 0 aliphatic heterocycles. The normalized spacial score (nSPS) is 11.4. The Balaban J connectivity index is 0.000000424. The highest BCUT2D eigenvalue weighted by Gasteiger charge is 1.95. The van der Waals surface area contributed by atoms with Gasteiger partial charge in [-0.25, -0.2) is 4.21 Å². The lowest BCUT2D eigenvalue weighted by Crippen LogP contribution is -1.87. The molecule has 1 aromatic rings. The van der Waals surface area contributed by atoms with Crippen molar-refractivity contribution in [2.75, 3.05) is 6.54 Å². The molecule has 1 unspecified atom stereocenters. The average molecular weight is 201 g/mol. The highest BCUT2D eigenvalue weighted by atomic mass is 32.2. The molecule has 4 heteroatoms. The highest BCUT2D eigenvalue weighted by molar-refractivity contribution is 7.79. The maximum atomic E-state index is 10.4. The van der Waals surface area contributed by atoms with Gasteiger partial charge in [0.2, 0.25) is 0 Å². The summed E-state index contributed by atoms with van der Waals surface area (Å²) in [7, 11) is 0. The Morgan fingerprint density at radius 3 is 2.08 bits per heavy atom. The van der Waals surface area contributed by atoms with Gasteiger partial charge in [0.25, 0.3) is 0 Å². The minimum absolute atomic E-state index is 0.450. The monoisotopic (exact) mass is 201 g/mol. The van der Waals surface area contributed by atoms with Gasteiger partial charge in [-0.1, -0.05) is 24.6 Å². The zero-order valence-electron chi connectivity index (χ0n) is 7.86. The molecule has 13 heavy (non-hydrogen) atoms. The fraction of sp³-hybridized carbons (Fsp3) is 0.333. The van der Waals surface area contributed by atoms with Gasteiger partial charge in [0.05, 0.1) is 4.90 Å². The van der Waals surface area contributed by atoms with E-state index in [-0.39, 0.29) is 0 Å². The van der Waals surface area contributed by atoms with Crippen molar-refractivity contribution in [3.8, 4) is 0 Å². The third-order valence-electron chi connectivity index (χ3n) is 1.22. The predicted octanol–water partition coefficient (Wildman–Crippen LogP) is 1.54. The van der Waals surface area contributed by atoms with Crippen molar-refractivity contribution in [2.45, 2.75) is 18.7 Å². The predicted molar refractivity (Wildman–Crippen MR) is 54.9 cm³/mol. The van der Waals surface area contributed by atoms with Crippen molar-refractivity contribution >= 4 is 11.1 Å². The first-order chi connectivity index (χ1) is 6.11. The largest absolute Gasteiger partial charge is 0.331 e. The van der Waals surface area contributed by atoms with Gasteiger partial charge in [-0.3, -0.25) is 0 Å². The SMILES string of the molecule is CCN.Cc1ccc(S(=O)O)cc1. The molecule has 1 aromatic carbocycles. The molecule has 74 valence electrons. The third-order valence-corrected chi connectivity index (χ3v) is 1.90. The molecule has 3 N–H and O–H groups in total. The maximum absolute atomic E-state index is 10.4. The van der Waals surface area contributed by atoms with Crippen LogP contribution >= 0.6 is 0 Å². The topological polar surface area (TPSA) is 63.3 Å². The number of hydrogen-bond donors (Lipinski definition) is 2. The lowest BCUT2D eigenvalue weighted by molar-refractivity contribution is 0.564. The van der Waals surface area contributed by atoms with Crippen LogP contribution in [0.15, 0.2) is 29.2 Å². The van der Waals surface area contributed by atoms with Crippen molar-refractivity contribution in [1.29, 1.82) is 0 Å². The van der Waals surface area contributed by atoms with Crippen LogP contribution in [0, 0.1) is 6.92 Å². The minimum Gasteiger partial charge on any atom is -0.331 e. The minimum atomic E-state index is -1.84. The Morgan fingerprint density at radius 2 is 1.77 bits per heavy atom. The van der Waals surface area contributed by atoms with Crippen LogP contribution in [0.5, 0.6) is 0 Å². The van der Waals surface area contributed by atoms with E-state index in [0.717, 1.165) is 12.1 Å². The summed E-state index contributed by atoms with van der Waals surface area (Å²) in [6.07, 6.45) is 0. The first kappa shape index (κ1) is 12.3. The van der Waals surface area contributed by atoms with E-state index in [1.54, 1.807) is 12.1 Å². The summed E-state index contributed by atoms with van der Waals surface area (Å²) < 4.78 is 19.0. The van der Waals surface area contributed by atoms with E-state index in [0.29, 0.717) is 4.90 Å². The van der Waals surface area contributed by atoms with Crippen LogP contribution in [0.3, 0.4) is 0 Å². The van der Waals surface area contributed by atoms with Gasteiger partial charge in [-0.2, -0.15) is 0 Å². The summed E-state index contributed by atoms with van der Waals surface area (Å²) >= 11 is -1.84. The molecule has 0 saturated heterocycles. The van der Waals surface area contributed by atoms with E-state index >= 15 is 0 Å². The Hall–Kier alpha value is -0.710. The van der Waals surface area contributed by atoms with Gasteiger partial charge in [-0.15, -0.1) is 0 Å². The Labute approximate surface area is 81.2 Å². The summed E-state index contributed by atoms with van der Waals surface area (Å²) in [4.78, 5) is 0.450. The molecule has 0 aliphatic carbocycles. The van der Waals surface area contributed by atoms with Crippen molar-refractivity contribution in [2.24, 2.45) is 5.73 Å². The number of benzene rings is 1. The lowest BCUT2D eigenvalue weighted by atomic mass is 10.2. The van der Waals surface area contributed by atoms with E-state index in [9.17, 15) is 4.21 Å². The second kappa shape index (κ2) is 6.77. The summed E-state index contributed by atoms with van der Waals surface area (Å²) in [6.45, 7) is 4.59. The zero-order chi connectivity index (χ0) is 10.3. The first-order valence-electron chi connectivity index (χ1n) is 3.99. The summed E-state index contributed by atoms with van der Waals surface area (Å²) in [5.41, 5.74) is 5.94. The fourth-order valence-electron chi connectivity index (χ4n) is 0.655. The number of hydrogen-bond acceptors (Lipinski definition) is 2. The Kier molecular flexibility index (Phi) is 6.40. The van der Waals surface area contributed by atoms with Crippen LogP contribution in [0.4, 0.5) is 0 Å². The van der Waals surface area contributed by atoms with Crippen LogP contribution in [-0.4, -0.2) is 15.3 Å². The molecule has 1 rings (SSSR count). The van der Waals surface area contributed by atoms with Crippen molar-refractivity contribution in [3.63, 3.8) is 0 Å². The molecule has 0 bridgehead atoms. The highest BCUT2D eigenvalue weighted by Crippen LogP contribution is 2.05. The summed E-state index contributed by atoms with van der Waals surface area (Å²) in [6, 6.07) is 6.91. The van der Waals surface area contributed by atoms with Crippen molar-refractivity contribution in [3.05, 3.63) is 29.8 Å². The standard InChI is InChI=1S/C7H8O2S.C2H7N/c1-6-2-4-7(5-3-6)10(8)9;1-2-3/h2-5H,1H3,(H,8,9);2-3H2,1H3. The van der Waals surface area contributed by atoms with Crippen LogP contribution in [0.25, 0.3) is 0 Å². The van der Waals surface area contributed by atoms with Crippen LogP contribution < -0.4 is 5.73 Å². The average Bonchev–Trinajstić information content (AvgIpc) is 2.06.